The van der Waals surface area contributed by atoms with E-state index in [0.717, 1.165) is 31.0 Å². The molecule has 0 aromatic carbocycles. The number of hydrogen-bond acceptors (Lipinski definition) is 3. The summed E-state index contributed by atoms with van der Waals surface area (Å²) in [7, 11) is 1.82. The molecular formula is C16H32N2O. The van der Waals surface area contributed by atoms with Gasteiger partial charge in [-0.05, 0) is 50.5 Å². The highest BCUT2D eigenvalue weighted by atomic mass is 16.5. The SMILES string of the molecule is COCCN(CC1CCCN1)C1CCC(C)CC1C. The molecule has 0 bridgehead atoms. The van der Waals surface area contributed by atoms with Gasteiger partial charge in [0, 0.05) is 32.3 Å². The number of nitrogens with one attached hydrogen (secondary N) is 1. The molecule has 3 nitrogen and oxygen atoms in total. The van der Waals surface area contributed by atoms with Crippen LogP contribution in [-0.4, -0.2) is 50.3 Å². The van der Waals surface area contributed by atoms with Crippen LogP contribution in [0.1, 0.15) is 46.0 Å². The molecular weight excluding hydrogens is 236 g/mol. The maximum absolute atomic E-state index is 5.32. The molecule has 0 aromatic rings. The average molecular weight is 268 g/mol. The number of methoxy groups -OCH3 is 1. The second-order valence-corrected chi connectivity index (χ2v) is 6.74. The second kappa shape index (κ2) is 7.61. The molecule has 1 aliphatic carbocycles. The Hall–Kier alpha value is -0.120. The van der Waals surface area contributed by atoms with Crippen molar-refractivity contribution in [3.05, 3.63) is 0 Å². The summed E-state index contributed by atoms with van der Waals surface area (Å²) < 4.78 is 5.32. The normalized spacial score (nSPS) is 36.0. The molecule has 2 aliphatic rings. The van der Waals surface area contributed by atoms with Crippen LogP contribution >= 0.6 is 0 Å². The standard InChI is InChI=1S/C16H32N2O/c1-13-6-7-16(14(2)11-13)18(9-10-19-3)12-15-5-4-8-17-15/h13-17H,4-12H2,1-3H3. The van der Waals surface area contributed by atoms with Crippen molar-refractivity contribution in [2.75, 3.05) is 33.4 Å². The summed E-state index contributed by atoms with van der Waals surface area (Å²) in [5, 5.41) is 3.64. The maximum atomic E-state index is 5.32. The van der Waals surface area contributed by atoms with Gasteiger partial charge >= 0.3 is 0 Å². The van der Waals surface area contributed by atoms with E-state index < -0.39 is 0 Å². The van der Waals surface area contributed by atoms with Gasteiger partial charge in [0.15, 0.2) is 0 Å². The van der Waals surface area contributed by atoms with Crippen molar-refractivity contribution in [2.45, 2.75) is 58.0 Å². The Kier molecular flexibility index (Phi) is 6.11. The van der Waals surface area contributed by atoms with E-state index in [2.05, 4.69) is 24.1 Å². The quantitative estimate of drug-likeness (QED) is 0.801. The van der Waals surface area contributed by atoms with Gasteiger partial charge < -0.3 is 10.1 Å². The third-order valence-corrected chi connectivity index (χ3v) is 5.06. The molecule has 0 aromatic heterocycles. The zero-order valence-electron chi connectivity index (χ0n) is 13.0. The van der Waals surface area contributed by atoms with Crippen LogP contribution < -0.4 is 5.32 Å². The molecule has 2 fully saturated rings. The van der Waals surface area contributed by atoms with E-state index in [1.54, 1.807) is 0 Å². The van der Waals surface area contributed by atoms with Crippen molar-refractivity contribution in [3.8, 4) is 0 Å². The summed E-state index contributed by atoms with van der Waals surface area (Å²) in [6, 6.07) is 1.48. The van der Waals surface area contributed by atoms with Crippen molar-refractivity contribution in [2.24, 2.45) is 11.8 Å². The molecule has 1 saturated carbocycles. The van der Waals surface area contributed by atoms with Gasteiger partial charge in [-0.1, -0.05) is 13.8 Å². The second-order valence-electron chi connectivity index (χ2n) is 6.74. The lowest BCUT2D eigenvalue weighted by Crippen LogP contribution is -2.49. The van der Waals surface area contributed by atoms with Crippen molar-refractivity contribution < 1.29 is 4.74 Å². The third-order valence-electron chi connectivity index (χ3n) is 5.06. The molecule has 1 heterocycles. The van der Waals surface area contributed by atoms with Crippen LogP contribution in [0.15, 0.2) is 0 Å². The van der Waals surface area contributed by atoms with Crippen molar-refractivity contribution in [3.63, 3.8) is 0 Å². The Morgan fingerprint density at radius 1 is 1.21 bits per heavy atom. The fraction of sp³-hybridized carbons (Fsp3) is 1.00. The lowest BCUT2D eigenvalue weighted by Gasteiger charge is -2.41. The van der Waals surface area contributed by atoms with Crippen molar-refractivity contribution >= 4 is 0 Å². The molecule has 0 spiro atoms. The van der Waals surface area contributed by atoms with Gasteiger partial charge in [-0.3, -0.25) is 4.90 Å². The van der Waals surface area contributed by atoms with Crippen LogP contribution in [0.2, 0.25) is 0 Å². The predicted octanol–water partition coefficient (Wildman–Crippen LogP) is 2.51. The van der Waals surface area contributed by atoms with E-state index in [1.165, 1.54) is 45.2 Å². The Bertz CT molecular complexity index is 253. The minimum absolute atomic E-state index is 0.711. The number of nitrogens with zero attached hydrogens (tertiary/aromatic N) is 1. The number of rotatable bonds is 6. The van der Waals surface area contributed by atoms with Crippen LogP contribution in [-0.2, 0) is 4.74 Å². The first-order valence-electron chi connectivity index (χ1n) is 8.17. The van der Waals surface area contributed by atoms with Gasteiger partial charge in [0.25, 0.3) is 0 Å². The van der Waals surface area contributed by atoms with Crippen LogP contribution in [0.5, 0.6) is 0 Å². The molecule has 0 radical (unpaired) electrons. The van der Waals surface area contributed by atoms with Gasteiger partial charge in [-0.2, -0.15) is 0 Å². The zero-order chi connectivity index (χ0) is 13.7. The van der Waals surface area contributed by atoms with Crippen LogP contribution in [0.3, 0.4) is 0 Å². The van der Waals surface area contributed by atoms with Crippen LogP contribution in [0.4, 0.5) is 0 Å². The predicted molar refractivity (Wildman–Crippen MR) is 80.4 cm³/mol. The lowest BCUT2D eigenvalue weighted by atomic mass is 9.79. The van der Waals surface area contributed by atoms with Gasteiger partial charge in [0.1, 0.15) is 0 Å². The molecule has 1 N–H and O–H groups in total. The summed E-state index contributed by atoms with van der Waals surface area (Å²) in [6.07, 6.45) is 6.86. The van der Waals surface area contributed by atoms with Gasteiger partial charge in [-0.25, -0.2) is 0 Å². The molecule has 2 rings (SSSR count). The molecule has 0 amide bonds. The Balaban J connectivity index is 1.90. The largest absolute Gasteiger partial charge is 0.383 e. The highest BCUT2D eigenvalue weighted by molar-refractivity contribution is 4.87. The summed E-state index contributed by atoms with van der Waals surface area (Å²) in [5.74, 6) is 1.75. The minimum Gasteiger partial charge on any atom is -0.383 e. The zero-order valence-corrected chi connectivity index (χ0v) is 13.0. The van der Waals surface area contributed by atoms with Crippen molar-refractivity contribution in [1.82, 2.24) is 10.2 Å². The molecule has 1 saturated heterocycles. The Labute approximate surface area is 119 Å². The average Bonchev–Trinajstić information content (AvgIpc) is 2.88. The highest BCUT2D eigenvalue weighted by Gasteiger charge is 2.31. The summed E-state index contributed by atoms with van der Waals surface area (Å²) in [5.41, 5.74) is 0. The fourth-order valence-electron chi connectivity index (χ4n) is 3.99. The van der Waals surface area contributed by atoms with Crippen molar-refractivity contribution in [1.29, 1.82) is 0 Å². The lowest BCUT2D eigenvalue weighted by molar-refractivity contribution is 0.0592. The molecule has 4 unspecified atom stereocenters. The van der Waals surface area contributed by atoms with Crippen LogP contribution in [0.25, 0.3) is 0 Å². The van der Waals surface area contributed by atoms with E-state index in [-0.39, 0.29) is 0 Å². The molecule has 112 valence electrons. The van der Waals surface area contributed by atoms with Gasteiger partial charge in [0.05, 0.1) is 6.61 Å². The summed E-state index contributed by atoms with van der Waals surface area (Å²) in [4.78, 5) is 2.71. The molecule has 4 atom stereocenters. The van der Waals surface area contributed by atoms with E-state index in [4.69, 9.17) is 4.74 Å². The first kappa shape index (κ1) is 15.3. The molecule has 3 heteroatoms. The van der Waals surface area contributed by atoms with E-state index >= 15 is 0 Å². The van der Waals surface area contributed by atoms with Gasteiger partial charge in [0.2, 0.25) is 0 Å². The molecule has 19 heavy (non-hydrogen) atoms. The fourth-order valence-corrected chi connectivity index (χ4v) is 3.99. The highest BCUT2D eigenvalue weighted by Crippen LogP contribution is 2.32. The first-order valence-corrected chi connectivity index (χ1v) is 8.17. The maximum Gasteiger partial charge on any atom is 0.0589 e. The van der Waals surface area contributed by atoms with E-state index in [9.17, 15) is 0 Å². The topological polar surface area (TPSA) is 24.5 Å². The van der Waals surface area contributed by atoms with Gasteiger partial charge in [-0.15, -0.1) is 0 Å². The number of ether oxygens (including phenoxy) is 1. The van der Waals surface area contributed by atoms with E-state index in [1.807, 2.05) is 7.11 Å². The Morgan fingerprint density at radius 2 is 2.05 bits per heavy atom. The summed E-state index contributed by atoms with van der Waals surface area (Å²) in [6.45, 7) is 9.24. The molecule has 1 aliphatic heterocycles. The Morgan fingerprint density at radius 3 is 2.68 bits per heavy atom. The number of hydrogen-bond donors (Lipinski definition) is 1. The smallest absolute Gasteiger partial charge is 0.0589 e. The third kappa shape index (κ3) is 4.44. The van der Waals surface area contributed by atoms with E-state index in [0.29, 0.717) is 6.04 Å². The monoisotopic (exact) mass is 268 g/mol. The first-order chi connectivity index (χ1) is 9.20. The minimum atomic E-state index is 0.711. The summed E-state index contributed by atoms with van der Waals surface area (Å²) >= 11 is 0. The van der Waals surface area contributed by atoms with Crippen LogP contribution in [0, 0.1) is 11.8 Å².